The summed E-state index contributed by atoms with van der Waals surface area (Å²) >= 11 is 7.13. The summed E-state index contributed by atoms with van der Waals surface area (Å²) in [5.41, 5.74) is 2.38. The zero-order chi connectivity index (χ0) is 18.7. The molecule has 0 atom stereocenters. The number of benzene rings is 1. The second-order valence-electron chi connectivity index (χ2n) is 6.28. The van der Waals surface area contributed by atoms with Crippen molar-refractivity contribution in [2.75, 3.05) is 26.7 Å². The first-order valence-electron chi connectivity index (χ1n) is 9.15. The molecule has 144 valence electrons. The summed E-state index contributed by atoms with van der Waals surface area (Å²) in [6.07, 6.45) is 11.4. The molecule has 0 spiro atoms. The SMILES string of the molecule is COc1c(Br)c(C)c(CCCCCCCCCCBr)c(OC)c1OC. The molecule has 0 aliphatic carbocycles. The molecule has 0 bridgehead atoms. The van der Waals surface area contributed by atoms with Gasteiger partial charge in [-0.1, -0.05) is 54.5 Å². The summed E-state index contributed by atoms with van der Waals surface area (Å²) in [6, 6.07) is 0. The largest absolute Gasteiger partial charge is 0.492 e. The minimum absolute atomic E-state index is 0.671. The van der Waals surface area contributed by atoms with Crippen LogP contribution in [0.4, 0.5) is 0 Å². The van der Waals surface area contributed by atoms with Gasteiger partial charge in [0.25, 0.3) is 0 Å². The third-order valence-corrected chi connectivity index (χ3v) is 6.11. The van der Waals surface area contributed by atoms with Crippen LogP contribution in [0.15, 0.2) is 4.47 Å². The van der Waals surface area contributed by atoms with E-state index in [4.69, 9.17) is 14.2 Å². The monoisotopic (exact) mass is 478 g/mol. The van der Waals surface area contributed by atoms with Gasteiger partial charge < -0.3 is 14.2 Å². The molecular weight excluding hydrogens is 448 g/mol. The Morgan fingerprint density at radius 1 is 0.680 bits per heavy atom. The number of rotatable bonds is 13. The highest BCUT2D eigenvalue weighted by atomic mass is 79.9. The second kappa shape index (κ2) is 12.9. The van der Waals surface area contributed by atoms with E-state index in [-0.39, 0.29) is 0 Å². The summed E-state index contributed by atoms with van der Waals surface area (Å²) in [4.78, 5) is 0. The lowest BCUT2D eigenvalue weighted by Crippen LogP contribution is -2.03. The standard InChI is InChI=1S/C20H32Br2O3/c1-15-16(13-11-9-7-5-6-8-10-12-14-21)18(23-2)20(25-4)19(24-3)17(15)22/h5-14H2,1-4H3. The fourth-order valence-electron chi connectivity index (χ4n) is 3.15. The fourth-order valence-corrected chi connectivity index (χ4v) is 4.13. The Morgan fingerprint density at radius 2 is 1.16 bits per heavy atom. The number of unbranched alkanes of at least 4 members (excludes halogenated alkanes) is 7. The Bertz CT molecular complexity index is 518. The van der Waals surface area contributed by atoms with Crippen molar-refractivity contribution in [3.63, 3.8) is 0 Å². The quantitative estimate of drug-likeness (QED) is 0.229. The van der Waals surface area contributed by atoms with Crippen molar-refractivity contribution in [1.82, 2.24) is 0 Å². The third kappa shape index (κ3) is 6.67. The Morgan fingerprint density at radius 3 is 1.64 bits per heavy atom. The molecule has 0 aliphatic rings. The van der Waals surface area contributed by atoms with Crippen LogP contribution in [-0.4, -0.2) is 26.7 Å². The van der Waals surface area contributed by atoms with Gasteiger partial charge in [0.2, 0.25) is 5.75 Å². The molecule has 0 aliphatic heterocycles. The van der Waals surface area contributed by atoms with E-state index in [1.54, 1.807) is 21.3 Å². The molecule has 0 aromatic heterocycles. The van der Waals surface area contributed by atoms with E-state index in [2.05, 4.69) is 38.8 Å². The Balaban J connectivity index is 2.59. The van der Waals surface area contributed by atoms with Crippen LogP contribution >= 0.6 is 31.9 Å². The molecule has 1 rings (SSSR count). The number of hydrogen-bond acceptors (Lipinski definition) is 3. The first-order chi connectivity index (χ1) is 12.1. The average molecular weight is 480 g/mol. The van der Waals surface area contributed by atoms with Gasteiger partial charge in [0.1, 0.15) is 0 Å². The third-order valence-electron chi connectivity index (χ3n) is 4.59. The summed E-state index contributed by atoms with van der Waals surface area (Å²) in [7, 11) is 5.00. The number of methoxy groups -OCH3 is 3. The molecule has 0 amide bonds. The average Bonchev–Trinajstić information content (AvgIpc) is 2.63. The lowest BCUT2D eigenvalue weighted by Gasteiger charge is -2.20. The highest BCUT2D eigenvalue weighted by molar-refractivity contribution is 9.10. The van der Waals surface area contributed by atoms with E-state index in [0.29, 0.717) is 11.5 Å². The molecule has 0 unspecified atom stereocenters. The van der Waals surface area contributed by atoms with Gasteiger partial charge in [-0.05, 0) is 47.7 Å². The van der Waals surface area contributed by atoms with E-state index in [0.717, 1.165) is 22.0 Å². The molecule has 0 radical (unpaired) electrons. The first kappa shape index (κ1) is 22.6. The van der Waals surface area contributed by atoms with Crippen LogP contribution in [0.25, 0.3) is 0 Å². The van der Waals surface area contributed by atoms with Crippen LogP contribution in [0.3, 0.4) is 0 Å². The highest BCUT2D eigenvalue weighted by Gasteiger charge is 2.22. The lowest BCUT2D eigenvalue weighted by atomic mass is 9.99. The summed E-state index contributed by atoms with van der Waals surface area (Å²) in [6.45, 7) is 2.10. The molecule has 0 saturated heterocycles. The molecule has 3 nitrogen and oxygen atoms in total. The molecular formula is C20H32Br2O3. The molecule has 25 heavy (non-hydrogen) atoms. The molecule has 0 heterocycles. The number of halogens is 2. The normalized spacial score (nSPS) is 10.8. The van der Waals surface area contributed by atoms with Gasteiger partial charge in [-0.3, -0.25) is 0 Å². The lowest BCUT2D eigenvalue weighted by molar-refractivity contribution is 0.320. The smallest absolute Gasteiger partial charge is 0.204 e. The summed E-state index contributed by atoms with van der Waals surface area (Å²) in [5.74, 6) is 2.17. The number of alkyl halides is 1. The predicted octanol–water partition coefficient (Wildman–Crippen LogP) is 6.84. The second-order valence-corrected chi connectivity index (χ2v) is 7.87. The minimum Gasteiger partial charge on any atom is -0.492 e. The van der Waals surface area contributed by atoms with Crippen LogP contribution in [0.1, 0.15) is 62.5 Å². The molecule has 0 saturated carbocycles. The fraction of sp³-hybridized carbons (Fsp3) is 0.700. The van der Waals surface area contributed by atoms with Crippen molar-refractivity contribution >= 4 is 31.9 Å². The number of hydrogen-bond donors (Lipinski definition) is 0. The van der Waals surface area contributed by atoms with Gasteiger partial charge in [0.15, 0.2) is 11.5 Å². The van der Waals surface area contributed by atoms with E-state index in [1.165, 1.54) is 62.5 Å². The Kier molecular flexibility index (Phi) is 11.6. The number of ether oxygens (including phenoxy) is 3. The molecule has 5 heteroatoms. The van der Waals surface area contributed by atoms with Crippen molar-refractivity contribution in [3.05, 3.63) is 15.6 Å². The maximum absolute atomic E-state index is 5.65. The van der Waals surface area contributed by atoms with Crippen LogP contribution in [0.2, 0.25) is 0 Å². The maximum Gasteiger partial charge on any atom is 0.204 e. The van der Waals surface area contributed by atoms with Crippen molar-refractivity contribution in [2.45, 2.75) is 64.7 Å². The van der Waals surface area contributed by atoms with Crippen molar-refractivity contribution in [1.29, 1.82) is 0 Å². The van der Waals surface area contributed by atoms with Gasteiger partial charge in [-0.15, -0.1) is 0 Å². The van der Waals surface area contributed by atoms with Crippen molar-refractivity contribution in [2.24, 2.45) is 0 Å². The predicted molar refractivity (Wildman–Crippen MR) is 113 cm³/mol. The summed E-state index contributed by atoms with van der Waals surface area (Å²) in [5, 5.41) is 1.13. The minimum atomic E-state index is 0.671. The van der Waals surface area contributed by atoms with Crippen LogP contribution in [0.5, 0.6) is 17.2 Å². The van der Waals surface area contributed by atoms with E-state index >= 15 is 0 Å². The zero-order valence-electron chi connectivity index (χ0n) is 16.1. The Hall–Kier alpha value is -0.420. The van der Waals surface area contributed by atoms with Crippen LogP contribution in [0, 0.1) is 6.92 Å². The van der Waals surface area contributed by atoms with E-state index < -0.39 is 0 Å². The molecule has 0 N–H and O–H groups in total. The maximum atomic E-state index is 5.65. The summed E-state index contributed by atoms with van der Waals surface area (Å²) < 4.78 is 17.6. The van der Waals surface area contributed by atoms with Gasteiger partial charge in [0, 0.05) is 10.9 Å². The van der Waals surface area contributed by atoms with Gasteiger partial charge in [-0.25, -0.2) is 0 Å². The molecule has 1 aromatic carbocycles. The van der Waals surface area contributed by atoms with Gasteiger partial charge in [0.05, 0.1) is 25.8 Å². The first-order valence-corrected chi connectivity index (χ1v) is 11.1. The van der Waals surface area contributed by atoms with Gasteiger partial charge in [-0.2, -0.15) is 0 Å². The Labute approximate surface area is 170 Å². The van der Waals surface area contributed by atoms with Crippen LogP contribution < -0.4 is 14.2 Å². The van der Waals surface area contributed by atoms with Crippen molar-refractivity contribution < 1.29 is 14.2 Å². The van der Waals surface area contributed by atoms with E-state index in [1.807, 2.05) is 0 Å². The van der Waals surface area contributed by atoms with Crippen molar-refractivity contribution in [3.8, 4) is 17.2 Å². The molecule has 1 aromatic rings. The highest BCUT2D eigenvalue weighted by Crippen LogP contribution is 2.47. The van der Waals surface area contributed by atoms with Gasteiger partial charge >= 0.3 is 0 Å². The van der Waals surface area contributed by atoms with E-state index in [9.17, 15) is 0 Å². The topological polar surface area (TPSA) is 27.7 Å². The molecule has 0 fully saturated rings. The van der Waals surface area contributed by atoms with Crippen LogP contribution in [-0.2, 0) is 6.42 Å². The zero-order valence-corrected chi connectivity index (χ0v) is 19.2.